The average molecular weight is 228 g/mol. The lowest BCUT2D eigenvalue weighted by molar-refractivity contribution is -0.161. The number of carbonyl (C=O) groups excluding carboxylic acids is 1. The molecule has 0 aromatic carbocycles. The number of aliphatic hydroxyl groups is 1. The summed E-state index contributed by atoms with van der Waals surface area (Å²) in [6, 6.07) is 0. The highest BCUT2D eigenvalue weighted by Gasteiger charge is 2.45. The van der Waals surface area contributed by atoms with Crippen molar-refractivity contribution in [2.24, 2.45) is 17.8 Å². The zero-order valence-corrected chi connectivity index (χ0v) is 10.8. The summed E-state index contributed by atoms with van der Waals surface area (Å²) in [5, 5.41) is 10.7. The normalized spacial score (nSPS) is 36.8. The fourth-order valence-corrected chi connectivity index (χ4v) is 3.34. The van der Waals surface area contributed by atoms with Gasteiger partial charge in [-0.1, -0.05) is 20.8 Å². The molecule has 0 bridgehead atoms. The molecule has 3 nitrogen and oxygen atoms in total. The lowest BCUT2D eigenvalue weighted by Crippen LogP contribution is -2.47. The van der Waals surface area contributed by atoms with E-state index in [1.807, 2.05) is 6.92 Å². The lowest BCUT2D eigenvalue weighted by atomic mass is 9.67. The van der Waals surface area contributed by atoms with Gasteiger partial charge in [-0.2, -0.15) is 0 Å². The SMILES string of the molecule is CCC(C(=O)OC)C1(O)CC(C)CC(C)C1. The zero-order chi connectivity index (χ0) is 12.3. The Balaban J connectivity index is 2.84. The predicted molar refractivity (Wildman–Crippen MR) is 62.9 cm³/mol. The first-order valence-corrected chi connectivity index (χ1v) is 6.23. The second-order valence-electron chi connectivity index (χ2n) is 5.44. The third kappa shape index (κ3) is 2.76. The Hall–Kier alpha value is -0.570. The molecule has 1 rings (SSSR count). The molecule has 94 valence electrons. The van der Waals surface area contributed by atoms with Gasteiger partial charge in [0.2, 0.25) is 0 Å². The summed E-state index contributed by atoms with van der Waals surface area (Å²) in [4.78, 5) is 11.7. The molecule has 0 aliphatic heterocycles. The fourth-order valence-electron chi connectivity index (χ4n) is 3.34. The minimum atomic E-state index is -0.862. The summed E-state index contributed by atoms with van der Waals surface area (Å²) in [7, 11) is 1.39. The van der Waals surface area contributed by atoms with Crippen molar-refractivity contribution in [2.45, 2.75) is 52.1 Å². The van der Waals surface area contributed by atoms with Crippen molar-refractivity contribution in [1.82, 2.24) is 0 Å². The molecule has 0 aromatic rings. The molecule has 0 amide bonds. The first-order chi connectivity index (χ1) is 7.42. The van der Waals surface area contributed by atoms with Crippen molar-refractivity contribution in [3.8, 4) is 0 Å². The summed E-state index contributed by atoms with van der Waals surface area (Å²) in [6.07, 6.45) is 3.21. The molecule has 16 heavy (non-hydrogen) atoms. The Morgan fingerprint density at radius 1 is 1.44 bits per heavy atom. The summed E-state index contributed by atoms with van der Waals surface area (Å²) in [5.41, 5.74) is -0.862. The monoisotopic (exact) mass is 228 g/mol. The number of methoxy groups -OCH3 is 1. The standard InChI is InChI=1S/C13H24O3/c1-5-11(12(14)16-4)13(15)7-9(2)6-10(3)8-13/h9-11,15H,5-8H2,1-4H3. The first kappa shape index (κ1) is 13.5. The van der Waals surface area contributed by atoms with Crippen LogP contribution in [0.2, 0.25) is 0 Å². The number of esters is 1. The molecular weight excluding hydrogens is 204 g/mol. The minimum Gasteiger partial charge on any atom is -0.469 e. The highest BCUT2D eigenvalue weighted by molar-refractivity contribution is 5.73. The van der Waals surface area contributed by atoms with Gasteiger partial charge >= 0.3 is 5.97 Å². The molecule has 3 atom stereocenters. The van der Waals surface area contributed by atoms with E-state index >= 15 is 0 Å². The van der Waals surface area contributed by atoms with Crippen LogP contribution in [0.1, 0.15) is 46.5 Å². The van der Waals surface area contributed by atoms with Crippen LogP contribution in [0.4, 0.5) is 0 Å². The highest BCUT2D eigenvalue weighted by atomic mass is 16.5. The molecule has 3 unspecified atom stereocenters. The molecule has 1 saturated carbocycles. The van der Waals surface area contributed by atoms with Crippen LogP contribution in [-0.4, -0.2) is 23.8 Å². The van der Waals surface area contributed by atoms with Crippen LogP contribution in [0.15, 0.2) is 0 Å². The van der Waals surface area contributed by atoms with Gasteiger partial charge < -0.3 is 9.84 Å². The third-order valence-corrected chi connectivity index (χ3v) is 3.75. The van der Waals surface area contributed by atoms with Crippen molar-refractivity contribution < 1.29 is 14.6 Å². The third-order valence-electron chi connectivity index (χ3n) is 3.75. The van der Waals surface area contributed by atoms with Crippen molar-refractivity contribution in [2.75, 3.05) is 7.11 Å². The van der Waals surface area contributed by atoms with Crippen LogP contribution in [0.25, 0.3) is 0 Å². The Morgan fingerprint density at radius 2 is 1.94 bits per heavy atom. The number of rotatable bonds is 3. The number of carbonyl (C=O) groups is 1. The van der Waals surface area contributed by atoms with Gasteiger partial charge in [-0.15, -0.1) is 0 Å². The molecule has 3 heteroatoms. The lowest BCUT2D eigenvalue weighted by Gasteiger charge is -2.42. The number of ether oxygens (including phenoxy) is 1. The zero-order valence-electron chi connectivity index (χ0n) is 10.8. The minimum absolute atomic E-state index is 0.272. The van der Waals surface area contributed by atoms with Gasteiger partial charge in [-0.05, 0) is 37.5 Å². The number of hydrogen-bond acceptors (Lipinski definition) is 3. The Kier molecular flexibility index (Phi) is 4.36. The van der Waals surface area contributed by atoms with Gasteiger partial charge in [0.25, 0.3) is 0 Å². The van der Waals surface area contributed by atoms with Crippen LogP contribution in [0.5, 0.6) is 0 Å². The van der Waals surface area contributed by atoms with E-state index in [1.54, 1.807) is 0 Å². The molecule has 0 heterocycles. The van der Waals surface area contributed by atoms with E-state index in [9.17, 15) is 9.90 Å². The molecule has 0 radical (unpaired) electrons. The van der Waals surface area contributed by atoms with E-state index in [2.05, 4.69) is 13.8 Å². The number of hydrogen-bond donors (Lipinski definition) is 1. The van der Waals surface area contributed by atoms with E-state index < -0.39 is 5.60 Å². The fraction of sp³-hybridized carbons (Fsp3) is 0.923. The average Bonchev–Trinajstić information content (AvgIpc) is 2.15. The highest BCUT2D eigenvalue weighted by Crippen LogP contribution is 2.41. The molecule has 1 aliphatic rings. The Bertz CT molecular complexity index is 240. The van der Waals surface area contributed by atoms with Crippen molar-refractivity contribution in [3.05, 3.63) is 0 Å². The molecule has 0 spiro atoms. The maximum Gasteiger partial charge on any atom is 0.311 e. The molecule has 1 N–H and O–H groups in total. The van der Waals surface area contributed by atoms with E-state index in [-0.39, 0.29) is 11.9 Å². The van der Waals surface area contributed by atoms with Gasteiger partial charge in [0.1, 0.15) is 0 Å². The van der Waals surface area contributed by atoms with E-state index in [4.69, 9.17) is 4.74 Å². The Labute approximate surface area is 98.2 Å². The van der Waals surface area contributed by atoms with Crippen LogP contribution in [0.3, 0.4) is 0 Å². The molecule has 1 fully saturated rings. The van der Waals surface area contributed by atoms with Crippen LogP contribution in [-0.2, 0) is 9.53 Å². The van der Waals surface area contributed by atoms with Crippen LogP contribution in [0, 0.1) is 17.8 Å². The van der Waals surface area contributed by atoms with Crippen molar-refractivity contribution >= 4 is 5.97 Å². The van der Waals surface area contributed by atoms with E-state index in [1.165, 1.54) is 7.11 Å². The van der Waals surface area contributed by atoms with Crippen molar-refractivity contribution in [1.29, 1.82) is 0 Å². The van der Waals surface area contributed by atoms with Gasteiger partial charge in [0.15, 0.2) is 0 Å². The quantitative estimate of drug-likeness (QED) is 0.754. The second-order valence-corrected chi connectivity index (χ2v) is 5.44. The maximum atomic E-state index is 11.7. The molecular formula is C13H24O3. The summed E-state index contributed by atoms with van der Waals surface area (Å²) in [5.74, 6) is 0.314. The van der Waals surface area contributed by atoms with Gasteiger partial charge in [-0.25, -0.2) is 0 Å². The smallest absolute Gasteiger partial charge is 0.311 e. The van der Waals surface area contributed by atoms with E-state index in [0.717, 1.165) is 6.42 Å². The predicted octanol–water partition coefficient (Wildman–Crippen LogP) is 2.37. The molecule has 0 saturated heterocycles. The molecule has 1 aliphatic carbocycles. The summed E-state index contributed by atoms with van der Waals surface area (Å²) in [6.45, 7) is 6.22. The van der Waals surface area contributed by atoms with Crippen LogP contribution >= 0.6 is 0 Å². The maximum absolute atomic E-state index is 11.7. The Morgan fingerprint density at radius 3 is 2.31 bits per heavy atom. The molecule has 0 aromatic heterocycles. The second kappa shape index (κ2) is 5.17. The van der Waals surface area contributed by atoms with Gasteiger partial charge in [0, 0.05) is 0 Å². The van der Waals surface area contributed by atoms with Gasteiger partial charge in [-0.3, -0.25) is 4.79 Å². The largest absolute Gasteiger partial charge is 0.469 e. The van der Waals surface area contributed by atoms with E-state index in [0.29, 0.717) is 31.1 Å². The van der Waals surface area contributed by atoms with Crippen LogP contribution < -0.4 is 0 Å². The summed E-state index contributed by atoms with van der Waals surface area (Å²) < 4.78 is 4.79. The first-order valence-electron chi connectivity index (χ1n) is 6.23. The summed E-state index contributed by atoms with van der Waals surface area (Å²) >= 11 is 0. The topological polar surface area (TPSA) is 46.5 Å². The van der Waals surface area contributed by atoms with Gasteiger partial charge in [0.05, 0.1) is 18.6 Å². The van der Waals surface area contributed by atoms with Crippen molar-refractivity contribution in [3.63, 3.8) is 0 Å².